The minimum absolute atomic E-state index is 0.170. The Kier molecular flexibility index (Phi) is 4.67. The largest absolute Gasteiger partial charge is 0.487 e. The van der Waals surface area contributed by atoms with E-state index in [1.54, 1.807) is 24.3 Å². The summed E-state index contributed by atoms with van der Waals surface area (Å²) in [5.74, 6) is -0.597. The first kappa shape index (κ1) is 17.7. The number of para-hydroxylation sites is 1. The SMILES string of the molecule is O=C(CS(=O)(=O)Cc1ccccc1)Nc1nc2c(s1)COc1ccccc1-2. The topological polar surface area (TPSA) is 85.4 Å². The van der Waals surface area contributed by atoms with Gasteiger partial charge in [0, 0.05) is 5.56 Å². The molecule has 1 amide bonds. The van der Waals surface area contributed by atoms with Crippen LogP contribution in [0.15, 0.2) is 54.6 Å². The van der Waals surface area contributed by atoms with E-state index >= 15 is 0 Å². The van der Waals surface area contributed by atoms with Crippen LogP contribution in [0.3, 0.4) is 0 Å². The summed E-state index contributed by atoms with van der Waals surface area (Å²) in [7, 11) is -3.56. The number of fused-ring (bicyclic) bond motifs is 3. The molecule has 1 aromatic heterocycles. The molecule has 1 N–H and O–H groups in total. The van der Waals surface area contributed by atoms with E-state index in [9.17, 15) is 13.2 Å². The number of carbonyl (C=O) groups is 1. The first-order chi connectivity index (χ1) is 13.0. The number of nitrogens with one attached hydrogen (secondary N) is 1. The predicted octanol–water partition coefficient (Wildman–Crippen LogP) is 3.26. The smallest absolute Gasteiger partial charge is 0.241 e. The molecule has 0 atom stereocenters. The van der Waals surface area contributed by atoms with Crippen molar-refractivity contribution >= 4 is 32.2 Å². The molecule has 0 saturated heterocycles. The van der Waals surface area contributed by atoms with Crippen molar-refractivity contribution in [2.45, 2.75) is 12.4 Å². The van der Waals surface area contributed by atoms with Crippen LogP contribution >= 0.6 is 11.3 Å². The predicted molar refractivity (Wildman–Crippen MR) is 104 cm³/mol. The molecule has 1 aliphatic heterocycles. The van der Waals surface area contributed by atoms with Crippen molar-refractivity contribution in [2.24, 2.45) is 0 Å². The second-order valence-corrected chi connectivity index (χ2v) is 9.29. The van der Waals surface area contributed by atoms with Crippen molar-refractivity contribution in [1.82, 2.24) is 4.98 Å². The number of amides is 1. The highest BCUT2D eigenvalue weighted by molar-refractivity contribution is 7.91. The second-order valence-electron chi connectivity index (χ2n) is 6.14. The summed E-state index contributed by atoms with van der Waals surface area (Å²) in [5.41, 5.74) is 2.29. The second kappa shape index (κ2) is 7.13. The third kappa shape index (κ3) is 4.01. The van der Waals surface area contributed by atoms with Gasteiger partial charge in [-0.25, -0.2) is 13.4 Å². The van der Waals surface area contributed by atoms with Gasteiger partial charge in [-0.3, -0.25) is 4.79 Å². The van der Waals surface area contributed by atoms with Crippen LogP contribution in [-0.2, 0) is 27.0 Å². The first-order valence-corrected chi connectivity index (χ1v) is 10.9. The lowest BCUT2D eigenvalue weighted by Gasteiger charge is -2.15. The molecule has 0 spiro atoms. The summed E-state index contributed by atoms with van der Waals surface area (Å²) in [5, 5.41) is 2.98. The van der Waals surface area contributed by atoms with E-state index in [0.29, 0.717) is 17.3 Å². The Morgan fingerprint density at radius 1 is 1.11 bits per heavy atom. The van der Waals surface area contributed by atoms with E-state index in [1.807, 2.05) is 30.3 Å². The number of rotatable bonds is 5. The van der Waals surface area contributed by atoms with Gasteiger partial charge in [0.2, 0.25) is 5.91 Å². The molecule has 2 aromatic carbocycles. The van der Waals surface area contributed by atoms with E-state index in [0.717, 1.165) is 21.9 Å². The Balaban J connectivity index is 1.46. The van der Waals surface area contributed by atoms with E-state index in [2.05, 4.69) is 10.3 Å². The monoisotopic (exact) mass is 400 g/mol. The third-order valence-corrected chi connectivity index (χ3v) is 6.44. The molecule has 6 nitrogen and oxygen atoms in total. The van der Waals surface area contributed by atoms with Crippen molar-refractivity contribution in [3.63, 3.8) is 0 Å². The Morgan fingerprint density at radius 2 is 1.85 bits per heavy atom. The Bertz CT molecular complexity index is 1090. The van der Waals surface area contributed by atoms with Gasteiger partial charge in [-0.2, -0.15) is 0 Å². The molecule has 0 bridgehead atoms. The Morgan fingerprint density at radius 3 is 2.67 bits per heavy atom. The average molecular weight is 400 g/mol. The van der Waals surface area contributed by atoms with Gasteiger partial charge in [-0.1, -0.05) is 53.8 Å². The molecule has 4 rings (SSSR count). The minimum Gasteiger partial charge on any atom is -0.487 e. The zero-order chi connectivity index (χ0) is 18.9. The normalized spacial score (nSPS) is 12.6. The minimum atomic E-state index is -3.56. The molecule has 138 valence electrons. The fourth-order valence-electron chi connectivity index (χ4n) is 2.88. The number of aromatic nitrogens is 1. The highest BCUT2D eigenvalue weighted by Crippen LogP contribution is 2.40. The molecular formula is C19H16N2O4S2. The quantitative estimate of drug-likeness (QED) is 0.711. The van der Waals surface area contributed by atoms with Crippen molar-refractivity contribution in [2.75, 3.05) is 11.1 Å². The third-order valence-electron chi connectivity index (χ3n) is 4.03. The molecule has 27 heavy (non-hydrogen) atoms. The summed E-state index contributed by atoms with van der Waals surface area (Å²) in [4.78, 5) is 17.6. The van der Waals surface area contributed by atoms with Gasteiger partial charge >= 0.3 is 0 Å². The molecule has 0 fully saturated rings. The summed E-state index contributed by atoms with van der Waals surface area (Å²) in [6, 6.07) is 16.4. The zero-order valence-electron chi connectivity index (χ0n) is 14.2. The Labute approximate surface area is 160 Å². The van der Waals surface area contributed by atoms with Crippen molar-refractivity contribution in [3.05, 3.63) is 65.0 Å². The number of sulfone groups is 1. The summed E-state index contributed by atoms with van der Waals surface area (Å²) in [6.07, 6.45) is 0. The van der Waals surface area contributed by atoms with E-state index in [4.69, 9.17) is 4.74 Å². The van der Waals surface area contributed by atoms with Crippen LogP contribution in [0.2, 0.25) is 0 Å². The molecule has 8 heteroatoms. The van der Waals surface area contributed by atoms with Crippen LogP contribution in [0.1, 0.15) is 10.4 Å². The molecule has 0 unspecified atom stereocenters. The van der Waals surface area contributed by atoms with Gasteiger partial charge in [0.25, 0.3) is 0 Å². The summed E-state index contributed by atoms with van der Waals surface area (Å²) < 4.78 is 30.2. The number of hydrogen-bond acceptors (Lipinski definition) is 6. The number of nitrogens with zero attached hydrogens (tertiary/aromatic N) is 1. The van der Waals surface area contributed by atoms with Crippen LogP contribution in [0.4, 0.5) is 5.13 Å². The van der Waals surface area contributed by atoms with Crippen LogP contribution in [0, 0.1) is 0 Å². The van der Waals surface area contributed by atoms with E-state index < -0.39 is 21.5 Å². The lowest BCUT2D eigenvalue weighted by molar-refractivity contribution is -0.113. The maximum atomic E-state index is 12.3. The number of anilines is 1. The number of benzene rings is 2. The molecular weight excluding hydrogens is 384 g/mol. The lowest BCUT2D eigenvalue weighted by atomic mass is 10.1. The average Bonchev–Trinajstić information content (AvgIpc) is 3.04. The van der Waals surface area contributed by atoms with Crippen molar-refractivity contribution < 1.29 is 17.9 Å². The maximum absolute atomic E-state index is 12.3. The van der Waals surface area contributed by atoms with E-state index in [-0.39, 0.29) is 5.75 Å². The number of carbonyl (C=O) groups excluding carboxylic acids is 1. The first-order valence-electron chi connectivity index (χ1n) is 8.26. The van der Waals surface area contributed by atoms with Crippen LogP contribution in [-0.4, -0.2) is 25.1 Å². The molecule has 0 saturated carbocycles. The van der Waals surface area contributed by atoms with Gasteiger partial charge in [0.1, 0.15) is 18.1 Å². The van der Waals surface area contributed by atoms with Crippen LogP contribution in [0.25, 0.3) is 11.3 Å². The number of thiazole rings is 1. The molecule has 0 radical (unpaired) electrons. The molecule has 3 aromatic rings. The van der Waals surface area contributed by atoms with Crippen molar-refractivity contribution in [3.8, 4) is 17.0 Å². The summed E-state index contributed by atoms with van der Waals surface area (Å²) in [6.45, 7) is 0.381. The van der Waals surface area contributed by atoms with E-state index in [1.165, 1.54) is 11.3 Å². The summed E-state index contributed by atoms with van der Waals surface area (Å²) >= 11 is 1.29. The number of ether oxygens (including phenoxy) is 1. The highest BCUT2D eigenvalue weighted by atomic mass is 32.2. The lowest BCUT2D eigenvalue weighted by Crippen LogP contribution is -2.23. The van der Waals surface area contributed by atoms with Gasteiger partial charge in [0.15, 0.2) is 15.0 Å². The molecule has 1 aliphatic rings. The van der Waals surface area contributed by atoms with Gasteiger partial charge in [0.05, 0.1) is 16.3 Å². The highest BCUT2D eigenvalue weighted by Gasteiger charge is 2.23. The fourth-order valence-corrected chi connectivity index (χ4v) is 5.06. The van der Waals surface area contributed by atoms with Crippen LogP contribution < -0.4 is 10.1 Å². The standard InChI is InChI=1S/C19H16N2O4S2/c22-17(12-27(23,24)11-13-6-2-1-3-7-13)20-19-21-18-14-8-4-5-9-15(14)25-10-16(18)26-19/h1-9H,10-12H2,(H,20,21,22). The molecule has 2 heterocycles. The van der Waals surface area contributed by atoms with Crippen LogP contribution in [0.5, 0.6) is 5.75 Å². The number of hydrogen-bond donors (Lipinski definition) is 1. The fraction of sp³-hybridized carbons (Fsp3) is 0.158. The maximum Gasteiger partial charge on any atom is 0.241 e. The van der Waals surface area contributed by atoms with Crippen molar-refractivity contribution in [1.29, 1.82) is 0 Å². The van der Waals surface area contributed by atoms with Gasteiger partial charge in [-0.05, 0) is 17.7 Å². The van der Waals surface area contributed by atoms with Gasteiger partial charge in [-0.15, -0.1) is 0 Å². The molecule has 0 aliphatic carbocycles. The zero-order valence-corrected chi connectivity index (χ0v) is 15.8. The Hall–Kier alpha value is -2.71. The van der Waals surface area contributed by atoms with Gasteiger partial charge < -0.3 is 10.1 Å².